The summed E-state index contributed by atoms with van der Waals surface area (Å²) in [6.45, 7) is 4.44. The number of rotatable bonds is 5. The number of alkyl halides is 3. The number of ether oxygens (including phenoxy) is 2. The first-order valence-electron chi connectivity index (χ1n) is 7.39. The van der Waals surface area contributed by atoms with Gasteiger partial charge in [-0.05, 0) is 25.5 Å². The second-order valence-electron chi connectivity index (χ2n) is 5.42. The van der Waals surface area contributed by atoms with Crippen LogP contribution in [0, 0.1) is 6.92 Å². The summed E-state index contributed by atoms with van der Waals surface area (Å²) in [5, 5.41) is 0. The van der Waals surface area contributed by atoms with Crippen molar-refractivity contribution in [3.63, 3.8) is 0 Å². The van der Waals surface area contributed by atoms with Crippen molar-refractivity contribution in [3.05, 3.63) is 23.3 Å². The minimum Gasteiger partial charge on any atom is -0.496 e. The second kappa shape index (κ2) is 6.39. The number of hydrogen-bond donors (Lipinski definition) is 0. The van der Waals surface area contributed by atoms with E-state index >= 15 is 0 Å². The maximum Gasteiger partial charge on any atom is 0.421 e. The molecule has 7 heteroatoms. The standard InChI is InChI=1S/C16H21F3N2O2/c1-5-21(10-20-3)13-9-14(22-4)12(8-11(13)2)15(6-7-23-15)16(17,18)19/h8-10H,5-7H2,1-4H3. The lowest BCUT2D eigenvalue weighted by atomic mass is 9.84. The Morgan fingerprint density at radius 2 is 2.09 bits per heavy atom. The first kappa shape index (κ1) is 17.6. The van der Waals surface area contributed by atoms with E-state index in [0.717, 1.165) is 5.69 Å². The van der Waals surface area contributed by atoms with Crippen LogP contribution in [0.15, 0.2) is 17.1 Å². The van der Waals surface area contributed by atoms with Gasteiger partial charge in [-0.25, -0.2) is 0 Å². The van der Waals surface area contributed by atoms with Gasteiger partial charge >= 0.3 is 6.18 Å². The zero-order chi connectivity index (χ0) is 17.3. The monoisotopic (exact) mass is 330 g/mol. The van der Waals surface area contributed by atoms with Crippen molar-refractivity contribution in [1.82, 2.24) is 0 Å². The van der Waals surface area contributed by atoms with Gasteiger partial charge in [-0.2, -0.15) is 13.2 Å². The molecule has 0 aromatic heterocycles. The highest BCUT2D eigenvalue weighted by Crippen LogP contribution is 2.53. The van der Waals surface area contributed by atoms with E-state index in [9.17, 15) is 13.2 Å². The van der Waals surface area contributed by atoms with Crippen LogP contribution in [0.4, 0.5) is 18.9 Å². The van der Waals surface area contributed by atoms with Crippen molar-refractivity contribution < 1.29 is 22.6 Å². The van der Waals surface area contributed by atoms with Gasteiger partial charge in [0.2, 0.25) is 0 Å². The summed E-state index contributed by atoms with van der Waals surface area (Å²) in [5.74, 6) is 0.172. The summed E-state index contributed by atoms with van der Waals surface area (Å²) in [7, 11) is 3.01. The predicted octanol–water partition coefficient (Wildman–Crippen LogP) is 3.67. The third-order valence-corrected chi connectivity index (χ3v) is 4.12. The van der Waals surface area contributed by atoms with Gasteiger partial charge in [0.1, 0.15) is 5.75 Å². The van der Waals surface area contributed by atoms with E-state index in [1.807, 2.05) is 11.8 Å². The van der Waals surface area contributed by atoms with Crippen LogP contribution in [0.3, 0.4) is 0 Å². The highest BCUT2D eigenvalue weighted by Gasteiger charge is 2.62. The summed E-state index contributed by atoms with van der Waals surface area (Å²) < 4.78 is 50.8. The van der Waals surface area contributed by atoms with E-state index in [1.54, 1.807) is 26.4 Å². The molecule has 0 spiro atoms. The van der Waals surface area contributed by atoms with E-state index in [-0.39, 0.29) is 24.3 Å². The van der Waals surface area contributed by atoms with Gasteiger partial charge in [0.05, 0.1) is 20.1 Å². The van der Waals surface area contributed by atoms with Crippen molar-refractivity contribution >= 4 is 12.0 Å². The molecule has 1 aliphatic rings. The SMILES string of the molecule is CCN(C=NC)c1cc(OC)c(C2(C(F)(F)F)CCO2)cc1C. The fourth-order valence-corrected chi connectivity index (χ4v) is 2.82. The molecular formula is C16H21F3N2O2. The van der Waals surface area contributed by atoms with E-state index in [1.165, 1.54) is 13.2 Å². The summed E-state index contributed by atoms with van der Waals surface area (Å²) in [6.07, 6.45) is -2.94. The van der Waals surface area contributed by atoms with Gasteiger partial charge in [-0.15, -0.1) is 0 Å². The lowest BCUT2D eigenvalue weighted by Gasteiger charge is -2.44. The van der Waals surface area contributed by atoms with Crippen LogP contribution >= 0.6 is 0 Å². The smallest absolute Gasteiger partial charge is 0.421 e. The molecule has 0 aliphatic carbocycles. The Morgan fingerprint density at radius 1 is 1.43 bits per heavy atom. The van der Waals surface area contributed by atoms with E-state index in [4.69, 9.17) is 9.47 Å². The summed E-state index contributed by atoms with van der Waals surface area (Å²) >= 11 is 0. The highest BCUT2D eigenvalue weighted by atomic mass is 19.4. The van der Waals surface area contributed by atoms with Gasteiger partial charge in [0.25, 0.3) is 0 Å². The maximum atomic E-state index is 13.5. The predicted molar refractivity (Wildman–Crippen MR) is 83.5 cm³/mol. The number of benzene rings is 1. The Kier molecular flexibility index (Phi) is 4.89. The number of nitrogens with zero attached hydrogens (tertiary/aromatic N) is 2. The van der Waals surface area contributed by atoms with Crippen LogP contribution < -0.4 is 9.64 Å². The van der Waals surface area contributed by atoms with Gasteiger partial charge in [0, 0.05) is 37.3 Å². The quantitative estimate of drug-likeness (QED) is 0.610. The van der Waals surface area contributed by atoms with Gasteiger partial charge in [-0.3, -0.25) is 4.99 Å². The molecule has 4 nitrogen and oxygen atoms in total. The van der Waals surface area contributed by atoms with Gasteiger partial charge in [0.15, 0.2) is 5.60 Å². The van der Waals surface area contributed by atoms with Crippen LogP contribution in [-0.2, 0) is 10.3 Å². The molecule has 2 rings (SSSR count). The fourth-order valence-electron chi connectivity index (χ4n) is 2.82. The largest absolute Gasteiger partial charge is 0.496 e. The number of aliphatic imine (C=N–C) groups is 1. The van der Waals surface area contributed by atoms with Crippen LogP contribution in [0.5, 0.6) is 5.75 Å². The van der Waals surface area contributed by atoms with E-state index < -0.39 is 11.8 Å². The minimum atomic E-state index is -4.48. The van der Waals surface area contributed by atoms with Crippen molar-refractivity contribution in [2.45, 2.75) is 32.0 Å². The fraction of sp³-hybridized carbons (Fsp3) is 0.562. The number of hydrogen-bond acceptors (Lipinski definition) is 3. The number of halogens is 3. The molecule has 1 saturated heterocycles. The van der Waals surface area contributed by atoms with Gasteiger partial charge < -0.3 is 14.4 Å². The zero-order valence-electron chi connectivity index (χ0n) is 13.7. The molecule has 1 atom stereocenters. The first-order chi connectivity index (χ1) is 10.8. The Morgan fingerprint density at radius 3 is 2.48 bits per heavy atom. The molecular weight excluding hydrogens is 309 g/mol. The third kappa shape index (κ3) is 2.89. The maximum absolute atomic E-state index is 13.5. The molecule has 1 heterocycles. The summed E-state index contributed by atoms with van der Waals surface area (Å²) in [4.78, 5) is 5.82. The Bertz CT molecular complexity index is 596. The van der Waals surface area contributed by atoms with Gasteiger partial charge in [-0.1, -0.05) is 0 Å². The van der Waals surface area contributed by atoms with Crippen molar-refractivity contribution in [1.29, 1.82) is 0 Å². The van der Waals surface area contributed by atoms with Crippen LogP contribution in [0.2, 0.25) is 0 Å². The Balaban J connectivity index is 2.57. The molecule has 23 heavy (non-hydrogen) atoms. The van der Waals surface area contributed by atoms with Crippen LogP contribution in [0.25, 0.3) is 0 Å². The molecule has 128 valence electrons. The lowest BCUT2D eigenvalue weighted by Crippen LogP contribution is -2.53. The normalized spacial score (nSPS) is 21.3. The molecule has 0 bridgehead atoms. The topological polar surface area (TPSA) is 34.1 Å². The molecule has 0 N–H and O–H groups in total. The van der Waals surface area contributed by atoms with Crippen LogP contribution in [-0.4, -0.2) is 39.8 Å². The average molecular weight is 330 g/mol. The van der Waals surface area contributed by atoms with E-state index in [2.05, 4.69) is 4.99 Å². The molecule has 1 unspecified atom stereocenters. The molecule has 0 amide bonds. The third-order valence-electron chi connectivity index (χ3n) is 4.12. The van der Waals surface area contributed by atoms with Crippen LogP contribution in [0.1, 0.15) is 24.5 Å². The number of aryl methyl sites for hydroxylation is 1. The highest BCUT2D eigenvalue weighted by molar-refractivity contribution is 5.81. The molecule has 0 radical (unpaired) electrons. The summed E-state index contributed by atoms with van der Waals surface area (Å²) in [6, 6.07) is 3.12. The van der Waals surface area contributed by atoms with Crippen molar-refractivity contribution in [3.8, 4) is 5.75 Å². The lowest BCUT2D eigenvalue weighted by molar-refractivity contribution is -0.333. The molecule has 1 fully saturated rings. The molecule has 0 saturated carbocycles. The molecule has 1 aliphatic heterocycles. The Labute approximate surface area is 133 Å². The molecule has 1 aromatic rings. The number of anilines is 1. The minimum absolute atomic E-state index is 0.0319. The first-order valence-corrected chi connectivity index (χ1v) is 7.39. The average Bonchev–Trinajstić information content (AvgIpc) is 2.42. The zero-order valence-corrected chi connectivity index (χ0v) is 13.7. The van der Waals surface area contributed by atoms with E-state index in [0.29, 0.717) is 12.1 Å². The Hall–Kier alpha value is -1.76. The molecule has 1 aromatic carbocycles. The number of methoxy groups -OCH3 is 1. The van der Waals surface area contributed by atoms with Crippen molar-refractivity contribution in [2.75, 3.05) is 32.2 Å². The second-order valence-corrected chi connectivity index (χ2v) is 5.42. The van der Waals surface area contributed by atoms with Crippen molar-refractivity contribution in [2.24, 2.45) is 4.99 Å². The summed E-state index contributed by atoms with van der Waals surface area (Å²) in [5.41, 5.74) is -0.765.